The first-order valence-electron chi connectivity index (χ1n) is 5.21. The second-order valence-corrected chi connectivity index (χ2v) is 4.16. The normalized spacial score (nSPS) is 35.7. The Morgan fingerprint density at radius 2 is 2.31 bits per heavy atom. The summed E-state index contributed by atoms with van der Waals surface area (Å²) in [4.78, 5) is 2.56. The molecule has 0 aromatic carbocycles. The molecule has 0 aromatic rings. The molecule has 3 nitrogen and oxygen atoms in total. The highest BCUT2D eigenvalue weighted by Crippen LogP contribution is 2.27. The van der Waals surface area contributed by atoms with Gasteiger partial charge < -0.3 is 0 Å². The molecule has 3 unspecified atom stereocenters. The Morgan fingerprint density at radius 1 is 1.46 bits per heavy atom. The third-order valence-electron chi connectivity index (χ3n) is 3.26. The minimum atomic E-state index is 0.00514. The van der Waals surface area contributed by atoms with Crippen molar-refractivity contribution < 1.29 is 0 Å². The van der Waals surface area contributed by atoms with Gasteiger partial charge in [0.15, 0.2) is 0 Å². The van der Waals surface area contributed by atoms with Gasteiger partial charge in [-0.15, -0.1) is 0 Å². The second kappa shape index (κ2) is 3.65. The van der Waals surface area contributed by atoms with Crippen LogP contribution < -0.4 is 5.32 Å². The van der Waals surface area contributed by atoms with E-state index in [1.807, 2.05) is 6.92 Å². The number of nitriles is 1. The van der Waals surface area contributed by atoms with Gasteiger partial charge in [-0.2, -0.15) is 5.26 Å². The van der Waals surface area contributed by atoms with E-state index in [1.54, 1.807) is 0 Å². The number of nitrogens with one attached hydrogen (secondary N) is 1. The largest absolute Gasteiger partial charge is 0.299 e. The molecule has 2 heterocycles. The fraction of sp³-hybridized carbons (Fsp3) is 0.900. The maximum absolute atomic E-state index is 8.71. The van der Waals surface area contributed by atoms with E-state index in [2.05, 4.69) is 16.3 Å². The second-order valence-electron chi connectivity index (χ2n) is 4.16. The molecule has 0 aromatic heterocycles. The molecule has 2 rings (SSSR count). The number of rotatable bonds is 2. The number of hydrogen-bond acceptors (Lipinski definition) is 3. The van der Waals surface area contributed by atoms with Crippen LogP contribution in [0.25, 0.3) is 0 Å². The van der Waals surface area contributed by atoms with Crippen molar-refractivity contribution in [1.82, 2.24) is 10.2 Å². The molecule has 2 aliphatic heterocycles. The van der Waals surface area contributed by atoms with Crippen molar-refractivity contribution in [3.63, 3.8) is 0 Å². The lowest BCUT2D eigenvalue weighted by molar-refractivity contribution is 0.296. The number of fused-ring (bicyclic) bond motifs is 1. The topological polar surface area (TPSA) is 39.1 Å². The van der Waals surface area contributed by atoms with E-state index >= 15 is 0 Å². The van der Waals surface area contributed by atoms with E-state index in [-0.39, 0.29) is 6.04 Å². The molecule has 0 radical (unpaired) electrons. The summed E-state index contributed by atoms with van der Waals surface area (Å²) in [6.45, 7) is 4.43. The van der Waals surface area contributed by atoms with Gasteiger partial charge in [0, 0.05) is 18.6 Å². The summed E-state index contributed by atoms with van der Waals surface area (Å²) >= 11 is 0. The minimum Gasteiger partial charge on any atom is -0.299 e. The van der Waals surface area contributed by atoms with Crippen LogP contribution in [0.3, 0.4) is 0 Å². The van der Waals surface area contributed by atoms with Gasteiger partial charge in [0.1, 0.15) is 0 Å². The standard InChI is InChI=1S/C10H17N3/c1-8(7-11)12-9-4-6-13-5-2-3-10(9)13/h8-10,12H,2-6H2,1H3. The smallest absolute Gasteiger partial charge is 0.0927 e. The van der Waals surface area contributed by atoms with E-state index < -0.39 is 0 Å². The van der Waals surface area contributed by atoms with Gasteiger partial charge in [-0.3, -0.25) is 10.2 Å². The molecule has 0 saturated carbocycles. The summed E-state index contributed by atoms with van der Waals surface area (Å²) in [7, 11) is 0. The summed E-state index contributed by atoms with van der Waals surface area (Å²) in [6.07, 6.45) is 3.87. The highest BCUT2D eigenvalue weighted by molar-refractivity contribution is 4.99. The van der Waals surface area contributed by atoms with Gasteiger partial charge >= 0.3 is 0 Å². The maximum Gasteiger partial charge on any atom is 0.0927 e. The zero-order chi connectivity index (χ0) is 9.26. The van der Waals surface area contributed by atoms with Crippen molar-refractivity contribution in [2.45, 2.75) is 44.3 Å². The number of hydrogen-bond donors (Lipinski definition) is 1. The first-order chi connectivity index (χ1) is 6.31. The Labute approximate surface area is 79.7 Å². The molecule has 2 fully saturated rings. The first-order valence-corrected chi connectivity index (χ1v) is 5.21. The molecule has 0 bridgehead atoms. The number of nitrogens with zero attached hydrogens (tertiary/aromatic N) is 2. The Bertz CT molecular complexity index is 221. The predicted octanol–water partition coefficient (Wildman–Crippen LogP) is 0.725. The van der Waals surface area contributed by atoms with Crippen molar-refractivity contribution in [3.8, 4) is 6.07 Å². The molecule has 3 heteroatoms. The molecule has 1 N–H and O–H groups in total. The maximum atomic E-state index is 8.71. The van der Waals surface area contributed by atoms with Crippen molar-refractivity contribution in [3.05, 3.63) is 0 Å². The Balaban J connectivity index is 1.91. The summed E-state index contributed by atoms with van der Waals surface area (Å²) in [6, 6.07) is 3.53. The Hall–Kier alpha value is -0.590. The molecule has 2 aliphatic rings. The highest BCUT2D eigenvalue weighted by Gasteiger charge is 2.37. The van der Waals surface area contributed by atoms with Crippen LogP contribution in [0.2, 0.25) is 0 Å². The lowest BCUT2D eigenvalue weighted by atomic mass is 10.1. The van der Waals surface area contributed by atoms with Crippen molar-refractivity contribution >= 4 is 0 Å². The van der Waals surface area contributed by atoms with Gasteiger partial charge in [-0.25, -0.2) is 0 Å². The summed E-state index contributed by atoms with van der Waals surface area (Å²) < 4.78 is 0. The quantitative estimate of drug-likeness (QED) is 0.679. The zero-order valence-corrected chi connectivity index (χ0v) is 8.16. The Kier molecular flexibility index (Phi) is 2.52. The molecule has 13 heavy (non-hydrogen) atoms. The van der Waals surface area contributed by atoms with Crippen LogP contribution in [-0.2, 0) is 0 Å². The van der Waals surface area contributed by atoms with Crippen molar-refractivity contribution in [1.29, 1.82) is 5.26 Å². The third kappa shape index (κ3) is 1.70. The molecule has 0 aliphatic carbocycles. The summed E-state index contributed by atoms with van der Waals surface area (Å²) in [5, 5.41) is 12.1. The Morgan fingerprint density at radius 3 is 3.08 bits per heavy atom. The fourth-order valence-corrected chi connectivity index (χ4v) is 2.64. The lowest BCUT2D eigenvalue weighted by Gasteiger charge is -2.22. The molecule has 0 spiro atoms. The lowest BCUT2D eigenvalue weighted by Crippen LogP contribution is -2.42. The average Bonchev–Trinajstić information content (AvgIpc) is 2.69. The minimum absolute atomic E-state index is 0.00514. The van der Waals surface area contributed by atoms with E-state index in [0.29, 0.717) is 6.04 Å². The van der Waals surface area contributed by atoms with Gasteiger partial charge in [0.2, 0.25) is 0 Å². The van der Waals surface area contributed by atoms with Gasteiger partial charge in [0.25, 0.3) is 0 Å². The van der Waals surface area contributed by atoms with Crippen molar-refractivity contribution in [2.24, 2.45) is 0 Å². The zero-order valence-electron chi connectivity index (χ0n) is 8.16. The molecule has 0 amide bonds. The third-order valence-corrected chi connectivity index (χ3v) is 3.26. The molecule has 2 saturated heterocycles. The summed E-state index contributed by atoms with van der Waals surface area (Å²) in [5.74, 6) is 0. The first kappa shape index (κ1) is 8.98. The van der Waals surface area contributed by atoms with Crippen LogP contribution in [0, 0.1) is 11.3 Å². The van der Waals surface area contributed by atoms with Crippen LogP contribution in [0.5, 0.6) is 0 Å². The van der Waals surface area contributed by atoms with E-state index in [9.17, 15) is 0 Å². The highest BCUT2D eigenvalue weighted by atomic mass is 15.2. The monoisotopic (exact) mass is 179 g/mol. The molecular weight excluding hydrogens is 162 g/mol. The van der Waals surface area contributed by atoms with Gasteiger partial charge in [-0.1, -0.05) is 0 Å². The van der Waals surface area contributed by atoms with Crippen LogP contribution in [0.4, 0.5) is 0 Å². The van der Waals surface area contributed by atoms with Crippen LogP contribution >= 0.6 is 0 Å². The van der Waals surface area contributed by atoms with Crippen LogP contribution in [0.1, 0.15) is 26.2 Å². The van der Waals surface area contributed by atoms with Crippen LogP contribution in [-0.4, -0.2) is 36.1 Å². The van der Waals surface area contributed by atoms with E-state index in [1.165, 1.54) is 32.4 Å². The SMILES string of the molecule is CC(C#N)NC1CCN2CCCC12. The average molecular weight is 179 g/mol. The van der Waals surface area contributed by atoms with Gasteiger partial charge in [0.05, 0.1) is 12.1 Å². The summed E-state index contributed by atoms with van der Waals surface area (Å²) in [5.41, 5.74) is 0. The van der Waals surface area contributed by atoms with Gasteiger partial charge in [-0.05, 0) is 32.7 Å². The van der Waals surface area contributed by atoms with Crippen LogP contribution in [0.15, 0.2) is 0 Å². The van der Waals surface area contributed by atoms with E-state index in [4.69, 9.17) is 5.26 Å². The molecule has 72 valence electrons. The van der Waals surface area contributed by atoms with Crippen molar-refractivity contribution in [2.75, 3.05) is 13.1 Å². The van der Waals surface area contributed by atoms with E-state index in [0.717, 1.165) is 6.04 Å². The fourth-order valence-electron chi connectivity index (χ4n) is 2.64. The molecule has 3 atom stereocenters. The predicted molar refractivity (Wildman–Crippen MR) is 51.2 cm³/mol. The molecular formula is C10H17N3.